The van der Waals surface area contributed by atoms with Crippen LogP contribution in [0.5, 0.6) is 0 Å². The molecule has 0 saturated heterocycles. The Balaban J connectivity index is 2.24. The molecule has 1 heterocycles. The summed E-state index contributed by atoms with van der Waals surface area (Å²) in [7, 11) is 0. The predicted molar refractivity (Wildman–Crippen MR) is 71.1 cm³/mol. The average Bonchev–Trinajstić information content (AvgIpc) is 2.24. The van der Waals surface area contributed by atoms with Gasteiger partial charge in [-0.1, -0.05) is 28.1 Å². The normalized spacial score (nSPS) is 10.4. The van der Waals surface area contributed by atoms with E-state index in [1.165, 1.54) is 5.56 Å². The highest BCUT2D eigenvalue weighted by Crippen LogP contribution is 2.19. The Labute approximate surface area is 110 Å². The molecule has 2 N–H and O–H groups in total. The molecule has 0 aliphatic carbocycles. The van der Waals surface area contributed by atoms with Gasteiger partial charge in [0.1, 0.15) is 0 Å². The van der Waals surface area contributed by atoms with Crippen LogP contribution in [0.1, 0.15) is 11.3 Å². The van der Waals surface area contributed by atoms with Crippen molar-refractivity contribution in [3.05, 3.63) is 50.5 Å². The molecule has 0 fully saturated rings. The standard InChI is InChI=1S/C11H9Br2N3/c12-8-3-1-2-7(4-8)5-9-6-10(13)11(14)16-15-9/h1-4,6H,5H2,(H2,14,16). The van der Waals surface area contributed by atoms with Crippen LogP contribution >= 0.6 is 31.9 Å². The van der Waals surface area contributed by atoms with Gasteiger partial charge >= 0.3 is 0 Å². The summed E-state index contributed by atoms with van der Waals surface area (Å²) in [6, 6.07) is 10.00. The van der Waals surface area contributed by atoms with Crippen molar-refractivity contribution in [1.82, 2.24) is 10.2 Å². The minimum absolute atomic E-state index is 0.415. The fraction of sp³-hybridized carbons (Fsp3) is 0.0909. The molecule has 5 heteroatoms. The molecule has 0 spiro atoms. The Bertz CT molecular complexity index is 514. The number of rotatable bonds is 2. The summed E-state index contributed by atoms with van der Waals surface area (Å²) in [6.07, 6.45) is 0.741. The highest BCUT2D eigenvalue weighted by molar-refractivity contribution is 9.10. The smallest absolute Gasteiger partial charge is 0.160 e. The van der Waals surface area contributed by atoms with Gasteiger partial charge in [0.25, 0.3) is 0 Å². The zero-order valence-electron chi connectivity index (χ0n) is 8.32. The summed E-state index contributed by atoms with van der Waals surface area (Å²) in [5.74, 6) is 0.415. The maximum atomic E-state index is 5.58. The van der Waals surface area contributed by atoms with Crippen LogP contribution in [0.4, 0.5) is 5.82 Å². The molecular formula is C11H9Br2N3. The van der Waals surface area contributed by atoms with Crippen molar-refractivity contribution in [3.63, 3.8) is 0 Å². The summed E-state index contributed by atoms with van der Waals surface area (Å²) in [5, 5.41) is 7.91. The Morgan fingerprint density at radius 2 is 1.94 bits per heavy atom. The van der Waals surface area contributed by atoms with E-state index >= 15 is 0 Å². The molecule has 82 valence electrons. The summed E-state index contributed by atoms with van der Waals surface area (Å²) >= 11 is 6.77. The number of nitrogen functional groups attached to an aromatic ring is 1. The highest BCUT2D eigenvalue weighted by atomic mass is 79.9. The monoisotopic (exact) mass is 341 g/mol. The average molecular weight is 343 g/mol. The second-order valence-electron chi connectivity index (χ2n) is 3.38. The first-order chi connectivity index (χ1) is 7.65. The highest BCUT2D eigenvalue weighted by Gasteiger charge is 2.03. The van der Waals surface area contributed by atoms with Crippen LogP contribution in [0.2, 0.25) is 0 Å². The zero-order valence-corrected chi connectivity index (χ0v) is 11.5. The van der Waals surface area contributed by atoms with Crippen molar-refractivity contribution in [2.24, 2.45) is 0 Å². The third kappa shape index (κ3) is 2.80. The van der Waals surface area contributed by atoms with Crippen molar-refractivity contribution >= 4 is 37.7 Å². The van der Waals surface area contributed by atoms with Crippen molar-refractivity contribution in [1.29, 1.82) is 0 Å². The van der Waals surface area contributed by atoms with Crippen LogP contribution in [0.15, 0.2) is 39.3 Å². The molecule has 2 rings (SSSR count). The summed E-state index contributed by atoms with van der Waals surface area (Å²) in [4.78, 5) is 0. The molecule has 0 aliphatic heterocycles. The summed E-state index contributed by atoms with van der Waals surface area (Å²) in [6.45, 7) is 0. The molecule has 0 bridgehead atoms. The van der Waals surface area contributed by atoms with E-state index < -0.39 is 0 Å². The fourth-order valence-electron chi connectivity index (χ4n) is 1.36. The third-order valence-corrected chi connectivity index (χ3v) is 3.23. The van der Waals surface area contributed by atoms with E-state index in [4.69, 9.17) is 5.73 Å². The van der Waals surface area contributed by atoms with Gasteiger partial charge in [0, 0.05) is 10.9 Å². The van der Waals surface area contributed by atoms with E-state index in [9.17, 15) is 0 Å². The van der Waals surface area contributed by atoms with Gasteiger partial charge in [-0.15, -0.1) is 5.10 Å². The molecule has 16 heavy (non-hydrogen) atoms. The number of benzene rings is 1. The second-order valence-corrected chi connectivity index (χ2v) is 5.15. The maximum Gasteiger partial charge on any atom is 0.160 e. The molecule has 0 amide bonds. The Kier molecular flexibility index (Phi) is 3.56. The number of hydrogen-bond donors (Lipinski definition) is 1. The molecule has 1 aromatic heterocycles. The lowest BCUT2D eigenvalue weighted by Gasteiger charge is -2.03. The Morgan fingerprint density at radius 1 is 1.12 bits per heavy atom. The number of anilines is 1. The van der Waals surface area contributed by atoms with E-state index in [0.717, 1.165) is 21.1 Å². The van der Waals surface area contributed by atoms with Gasteiger partial charge in [-0.2, -0.15) is 5.10 Å². The topological polar surface area (TPSA) is 51.8 Å². The van der Waals surface area contributed by atoms with Crippen LogP contribution in [0.3, 0.4) is 0 Å². The van der Waals surface area contributed by atoms with Gasteiger partial charge < -0.3 is 5.73 Å². The van der Waals surface area contributed by atoms with Crippen molar-refractivity contribution in [2.75, 3.05) is 5.73 Å². The molecule has 2 aromatic rings. The van der Waals surface area contributed by atoms with E-state index in [1.54, 1.807) is 0 Å². The van der Waals surface area contributed by atoms with Crippen molar-refractivity contribution < 1.29 is 0 Å². The lowest BCUT2D eigenvalue weighted by atomic mass is 10.1. The van der Waals surface area contributed by atoms with Crippen LogP contribution < -0.4 is 5.73 Å². The van der Waals surface area contributed by atoms with Gasteiger partial charge in [0.05, 0.1) is 10.2 Å². The van der Waals surface area contributed by atoms with Gasteiger partial charge in [0.15, 0.2) is 5.82 Å². The summed E-state index contributed by atoms with van der Waals surface area (Å²) in [5.41, 5.74) is 7.65. The maximum absolute atomic E-state index is 5.58. The fourth-order valence-corrected chi connectivity index (χ4v) is 2.15. The first-order valence-corrected chi connectivity index (χ1v) is 6.26. The van der Waals surface area contributed by atoms with Gasteiger partial charge in [-0.3, -0.25) is 0 Å². The number of halogens is 2. The minimum atomic E-state index is 0.415. The minimum Gasteiger partial charge on any atom is -0.381 e. The Morgan fingerprint density at radius 3 is 2.62 bits per heavy atom. The largest absolute Gasteiger partial charge is 0.381 e. The second kappa shape index (κ2) is 4.93. The Hall–Kier alpha value is -0.940. The molecule has 0 unspecified atom stereocenters. The lowest BCUT2D eigenvalue weighted by Crippen LogP contribution is -1.99. The van der Waals surface area contributed by atoms with Crippen molar-refractivity contribution in [2.45, 2.75) is 6.42 Å². The van der Waals surface area contributed by atoms with E-state index in [2.05, 4.69) is 54.2 Å². The molecule has 0 atom stereocenters. The first kappa shape index (κ1) is 11.5. The van der Waals surface area contributed by atoms with Crippen LogP contribution in [-0.4, -0.2) is 10.2 Å². The van der Waals surface area contributed by atoms with E-state index in [1.807, 2.05) is 18.2 Å². The predicted octanol–water partition coefficient (Wildman–Crippen LogP) is 3.17. The number of nitrogens with zero attached hydrogens (tertiary/aromatic N) is 2. The van der Waals surface area contributed by atoms with Crippen LogP contribution in [0.25, 0.3) is 0 Å². The third-order valence-electron chi connectivity index (χ3n) is 2.10. The van der Waals surface area contributed by atoms with E-state index in [-0.39, 0.29) is 0 Å². The quantitative estimate of drug-likeness (QED) is 0.911. The first-order valence-electron chi connectivity index (χ1n) is 4.67. The molecular weight excluding hydrogens is 334 g/mol. The number of hydrogen-bond acceptors (Lipinski definition) is 3. The van der Waals surface area contributed by atoms with Gasteiger partial charge in [-0.05, 0) is 39.7 Å². The van der Waals surface area contributed by atoms with Crippen LogP contribution in [-0.2, 0) is 6.42 Å². The SMILES string of the molecule is Nc1nnc(Cc2cccc(Br)c2)cc1Br. The summed E-state index contributed by atoms with van der Waals surface area (Å²) < 4.78 is 1.85. The number of nitrogens with two attached hydrogens (primary N) is 1. The van der Waals surface area contributed by atoms with Crippen LogP contribution in [0, 0.1) is 0 Å². The molecule has 0 radical (unpaired) electrons. The van der Waals surface area contributed by atoms with Gasteiger partial charge in [-0.25, -0.2) is 0 Å². The molecule has 1 aromatic carbocycles. The molecule has 0 aliphatic rings. The lowest BCUT2D eigenvalue weighted by molar-refractivity contribution is 0.939. The van der Waals surface area contributed by atoms with E-state index in [0.29, 0.717) is 5.82 Å². The molecule has 0 saturated carbocycles. The van der Waals surface area contributed by atoms with Gasteiger partial charge in [0.2, 0.25) is 0 Å². The van der Waals surface area contributed by atoms with Crippen molar-refractivity contribution in [3.8, 4) is 0 Å². The zero-order chi connectivity index (χ0) is 11.5. The molecule has 3 nitrogen and oxygen atoms in total. The number of aromatic nitrogens is 2.